The first-order chi connectivity index (χ1) is 15.6. The van der Waals surface area contributed by atoms with Crippen molar-refractivity contribution in [3.05, 3.63) is 81.2 Å². The van der Waals surface area contributed by atoms with Crippen LogP contribution in [-0.2, 0) is 10.0 Å². The van der Waals surface area contributed by atoms with Crippen LogP contribution in [-0.4, -0.2) is 35.6 Å². The van der Waals surface area contributed by atoms with Gasteiger partial charge >= 0.3 is 0 Å². The fourth-order valence-electron chi connectivity index (χ4n) is 3.32. The van der Waals surface area contributed by atoms with Gasteiger partial charge in [-0.1, -0.05) is 37.6 Å². The molecule has 3 rings (SSSR count). The third-order valence-corrected chi connectivity index (χ3v) is 7.58. The third-order valence-electron chi connectivity index (χ3n) is 5.15. The van der Waals surface area contributed by atoms with Gasteiger partial charge in [-0.2, -0.15) is 14.1 Å². The average Bonchev–Trinajstić information content (AvgIpc) is 2.78. The number of hydrogen-bond acceptors (Lipinski definition) is 5. The Morgan fingerprint density at radius 1 is 1.12 bits per heavy atom. The van der Waals surface area contributed by atoms with Crippen LogP contribution >= 0.6 is 11.6 Å². The number of benzene rings is 2. The van der Waals surface area contributed by atoms with E-state index in [1.807, 2.05) is 0 Å². The third kappa shape index (κ3) is 5.07. The molecule has 1 atom stereocenters. The zero-order valence-electron chi connectivity index (χ0n) is 18.2. The van der Waals surface area contributed by atoms with E-state index in [-0.39, 0.29) is 27.3 Å². The molecule has 1 N–H and O–H groups in total. The summed E-state index contributed by atoms with van der Waals surface area (Å²) in [5.41, 5.74) is -0.0426. The zero-order chi connectivity index (χ0) is 24.3. The molecule has 1 heterocycles. The van der Waals surface area contributed by atoms with Crippen molar-refractivity contribution in [3.63, 3.8) is 0 Å². The summed E-state index contributed by atoms with van der Waals surface area (Å²) in [4.78, 5) is 12.8. The molecule has 0 aliphatic heterocycles. The highest BCUT2D eigenvalue weighted by Gasteiger charge is 2.22. The number of halogens is 3. The predicted octanol–water partition coefficient (Wildman–Crippen LogP) is 4.37. The van der Waals surface area contributed by atoms with E-state index in [9.17, 15) is 22.0 Å². The summed E-state index contributed by atoms with van der Waals surface area (Å²) in [6.07, 6.45) is 1.27. The lowest BCUT2D eigenvalue weighted by molar-refractivity contribution is 0.445. The zero-order valence-corrected chi connectivity index (χ0v) is 19.8. The summed E-state index contributed by atoms with van der Waals surface area (Å²) in [6.45, 7) is 6.10. The number of aromatic nitrogens is 2. The first-order valence-electron chi connectivity index (χ1n) is 10.2. The molecule has 0 fully saturated rings. The topological polar surface area (TPSA) is 84.3 Å². The van der Waals surface area contributed by atoms with Gasteiger partial charge in [-0.3, -0.25) is 4.79 Å². The molecule has 7 nitrogen and oxygen atoms in total. The summed E-state index contributed by atoms with van der Waals surface area (Å²) >= 11 is 6.20. The quantitative estimate of drug-likeness (QED) is 0.500. The van der Waals surface area contributed by atoms with E-state index in [4.69, 9.17) is 11.6 Å². The van der Waals surface area contributed by atoms with Crippen LogP contribution in [0, 0.1) is 11.6 Å². The molecule has 11 heteroatoms. The average molecular weight is 497 g/mol. The second-order valence-electron chi connectivity index (χ2n) is 7.21. The minimum atomic E-state index is -3.57. The Morgan fingerprint density at radius 2 is 1.76 bits per heavy atom. The maximum Gasteiger partial charge on any atom is 0.292 e. The Hall–Kier alpha value is -2.82. The molecule has 0 bridgehead atoms. The van der Waals surface area contributed by atoms with Crippen LogP contribution in [0.3, 0.4) is 0 Å². The molecule has 1 unspecified atom stereocenters. The maximum atomic E-state index is 14.0. The lowest BCUT2D eigenvalue weighted by Gasteiger charge is -2.20. The standard InChI is InChI=1S/C22H23ClF2N4O3S/c1-4-28(5-2)33(31,32)17-9-6-15(7-10-17)14(3)27-19-13-26-29(22(30)21(19)23)20-11-8-16(24)12-18(20)25/h6-14,27H,4-5H2,1-3H3. The number of nitrogens with zero attached hydrogens (tertiary/aromatic N) is 3. The largest absolute Gasteiger partial charge is 0.376 e. The molecule has 176 valence electrons. The van der Waals surface area contributed by atoms with Gasteiger partial charge in [0.15, 0.2) is 5.82 Å². The number of rotatable bonds is 8. The highest BCUT2D eigenvalue weighted by atomic mass is 35.5. The fourth-order valence-corrected chi connectivity index (χ4v) is 4.96. The molecule has 2 aromatic carbocycles. The van der Waals surface area contributed by atoms with E-state index >= 15 is 0 Å². The monoisotopic (exact) mass is 496 g/mol. The van der Waals surface area contributed by atoms with Crippen LogP contribution in [0.5, 0.6) is 0 Å². The van der Waals surface area contributed by atoms with Crippen LogP contribution in [0.1, 0.15) is 32.4 Å². The lowest BCUT2D eigenvalue weighted by Crippen LogP contribution is -2.30. The summed E-state index contributed by atoms with van der Waals surface area (Å²) in [6, 6.07) is 8.79. The smallest absolute Gasteiger partial charge is 0.292 e. The Labute approximate surface area is 195 Å². The van der Waals surface area contributed by atoms with Crippen molar-refractivity contribution in [2.45, 2.75) is 31.7 Å². The normalized spacial score (nSPS) is 12.7. The van der Waals surface area contributed by atoms with E-state index in [0.29, 0.717) is 19.2 Å². The Morgan fingerprint density at radius 3 is 2.33 bits per heavy atom. The molecule has 0 amide bonds. The maximum absolute atomic E-state index is 14.0. The Balaban J connectivity index is 1.84. The number of nitrogens with one attached hydrogen (secondary N) is 1. The van der Waals surface area contributed by atoms with E-state index in [1.54, 1.807) is 32.9 Å². The SMILES string of the molecule is CCN(CC)S(=O)(=O)c1ccc(C(C)Nc2cnn(-c3ccc(F)cc3F)c(=O)c2Cl)cc1. The van der Waals surface area contributed by atoms with Gasteiger partial charge in [0.05, 0.1) is 16.8 Å². The van der Waals surface area contributed by atoms with Crippen molar-refractivity contribution >= 4 is 27.3 Å². The van der Waals surface area contributed by atoms with E-state index < -0.39 is 27.2 Å². The van der Waals surface area contributed by atoms with Crippen molar-refractivity contribution < 1.29 is 17.2 Å². The molecule has 0 aliphatic carbocycles. The van der Waals surface area contributed by atoms with Crippen molar-refractivity contribution in [2.75, 3.05) is 18.4 Å². The molecule has 1 aromatic heterocycles. The molecule has 0 saturated carbocycles. The molecule has 3 aromatic rings. The Bertz CT molecular complexity index is 1310. The van der Waals surface area contributed by atoms with Gasteiger partial charge in [-0.05, 0) is 36.8 Å². The van der Waals surface area contributed by atoms with Gasteiger partial charge in [-0.25, -0.2) is 17.2 Å². The van der Waals surface area contributed by atoms with Crippen LogP contribution in [0.2, 0.25) is 5.02 Å². The van der Waals surface area contributed by atoms with Crippen LogP contribution in [0.4, 0.5) is 14.5 Å². The van der Waals surface area contributed by atoms with Crippen molar-refractivity contribution in [2.24, 2.45) is 0 Å². The van der Waals surface area contributed by atoms with Gasteiger partial charge in [-0.15, -0.1) is 0 Å². The summed E-state index contributed by atoms with van der Waals surface area (Å²) in [5, 5.41) is 6.77. The molecule has 0 spiro atoms. The second-order valence-corrected chi connectivity index (χ2v) is 9.53. The molecule has 0 saturated heterocycles. The lowest BCUT2D eigenvalue weighted by atomic mass is 10.1. The summed E-state index contributed by atoms with van der Waals surface area (Å²) in [5.74, 6) is -1.73. The van der Waals surface area contributed by atoms with Crippen LogP contribution in [0.15, 0.2) is 58.4 Å². The molecule has 0 aliphatic rings. The second kappa shape index (κ2) is 9.98. The fraction of sp³-hybridized carbons (Fsp3) is 0.273. The molecular weight excluding hydrogens is 474 g/mol. The van der Waals surface area contributed by atoms with E-state index in [1.165, 1.54) is 22.6 Å². The highest BCUT2D eigenvalue weighted by Crippen LogP contribution is 2.25. The number of anilines is 1. The molecular formula is C22H23ClF2N4O3S. The van der Waals surface area contributed by atoms with Crippen molar-refractivity contribution in [1.29, 1.82) is 0 Å². The van der Waals surface area contributed by atoms with E-state index in [2.05, 4.69) is 10.4 Å². The van der Waals surface area contributed by atoms with Gasteiger partial charge < -0.3 is 5.32 Å². The first kappa shape index (κ1) is 24.8. The highest BCUT2D eigenvalue weighted by molar-refractivity contribution is 7.89. The van der Waals surface area contributed by atoms with Crippen molar-refractivity contribution in [1.82, 2.24) is 14.1 Å². The van der Waals surface area contributed by atoms with E-state index in [0.717, 1.165) is 22.4 Å². The van der Waals surface area contributed by atoms with Crippen LogP contribution in [0.25, 0.3) is 5.69 Å². The first-order valence-corrected chi connectivity index (χ1v) is 12.0. The van der Waals surface area contributed by atoms with Crippen LogP contribution < -0.4 is 10.9 Å². The molecule has 33 heavy (non-hydrogen) atoms. The predicted molar refractivity (Wildman–Crippen MR) is 123 cm³/mol. The van der Waals surface area contributed by atoms with Gasteiger partial charge in [0.2, 0.25) is 10.0 Å². The summed E-state index contributed by atoms with van der Waals surface area (Å²) in [7, 11) is -3.57. The van der Waals surface area contributed by atoms with Crippen molar-refractivity contribution in [3.8, 4) is 5.69 Å². The number of hydrogen-bond donors (Lipinski definition) is 1. The van der Waals surface area contributed by atoms with Gasteiger partial charge in [0, 0.05) is 25.2 Å². The Kier molecular flexibility index (Phi) is 7.51. The van der Waals surface area contributed by atoms with Gasteiger partial charge in [0.25, 0.3) is 5.56 Å². The summed E-state index contributed by atoms with van der Waals surface area (Å²) < 4.78 is 54.6. The molecule has 0 radical (unpaired) electrons. The minimum Gasteiger partial charge on any atom is -0.376 e. The van der Waals surface area contributed by atoms with Gasteiger partial charge in [0.1, 0.15) is 16.5 Å². The number of sulfonamides is 1. The minimum absolute atomic E-state index is 0.186.